The molecule has 3 aromatic carbocycles. The number of ether oxygens (including phenoxy) is 3. The summed E-state index contributed by atoms with van der Waals surface area (Å²) in [4.78, 5) is 47.4. The van der Waals surface area contributed by atoms with Crippen molar-refractivity contribution in [2.45, 2.75) is 18.4 Å². The van der Waals surface area contributed by atoms with Crippen LogP contribution in [0.25, 0.3) is 11.1 Å². The normalized spacial score (nSPS) is 12.5. The Morgan fingerprint density at radius 1 is 0.872 bits per heavy atom. The zero-order valence-corrected chi connectivity index (χ0v) is 21.2. The molecule has 202 valence electrons. The number of anilines is 1. The van der Waals surface area contributed by atoms with E-state index in [9.17, 15) is 19.2 Å². The molecule has 0 spiro atoms. The molecule has 0 saturated carbocycles. The summed E-state index contributed by atoms with van der Waals surface area (Å²) in [6, 6.07) is 21.6. The molecule has 10 heteroatoms. The molecule has 3 aromatic rings. The first-order valence-corrected chi connectivity index (χ1v) is 12.2. The lowest BCUT2D eigenvalue weighted by Gasteiger charge is -2.19. The molecule has 0 heterocycles. The van der Waals surface area contributed by atoms with Crippen LogP contribution in [0.1, 0.15) is 22.6 Å². The number of amides is 2. The van der Waals surface area contributed by atoms with Crippen LogP contribution in [-0.2, 0) is 35.0 Å². The second kappa shape index (κ2) is 12.7. The van der Waals surface area contributed by atoms with Gasteiger partial charge in [-0.1, -0.05) is 60.7 Å². The van der Waals surface area contributed by atoms with Gasteiger partial charge in [-0.05, 0) is 39.9 Å². The Hall–Kier alpha value is -4.70. The minimum absolute atomic E-state index is 0.109. The standard InChI is InChI=1S/C29H28N2O8/c1-37-28(35)25(14-18-10-12-19(13-11-18)30-26(32)16-38-17-27(33)34)31-29(36)39-15-24-22-8-4-2-6-20(22)21-7-3-5-9-23(21)24/h2-13,24-25H,14-17H2,1H3,(H,30,32)(H,31,36)(H,33,34)/t25-/m0/s1. The quantitative estimate of drug-likeness (QED) is 0.320. The lowest BCUT2D eigenvalue weighted by atomic mass is 9.98. The van der Waals surface area contributed by atoms with E-state index < -0.39 is 43.2 Å². The average molecular weight is 533 g/mol. The number of rotatable bonds is 11. The molecule has 0 radical (unpaired) electrons. The molecule has 4 rings (SSSR count). The molecule has 0 unspecified atom stereocenters. The van der Waals surface area contributed by atoms with Crippen LogP contribution in [0.3, 0.4) is 0 Å². The van der Waals surface area contributed by atoms with Gasteiger partial charge in [-0.15, -0.1) is 0 Å². The number of fused-ring (bicyclic) bond motifs is 3. The number of hydrogen-bond donors (Lipinski definition) is 3. The highest BCUT2D eigenvalue weighted by atomic mass is 16.6. The predicted molar refractivity (Wildman–Crippen MR) is 141 cm³/mol. The second-order valence-electron chi connectivity index (χ2n) is 8.88. The van der Waals surface area contributed by atoms with E-state index in [1.807, 2.05) is 48.5 Å². The van der Waals surface area contributed by atoms with E-state index in [1.165, 1.54) is 7.11 Å². The molecule has 0 aliphatic heterocycles. The van der Waals surface area contributed by atoms with Crippen LogP contribution < -0.4 is 10.6 Å². The van der Waals surface area contributed by atoms with Crippen molar-refractivity contribution in [2.24, 2.45) is 0 Å². The lowest BCUT2D eigenvalue weighted by Crippen LogP contribution is -2.43. The number of hydrogen-bond acceptors (Lipinski definition) is 7. The third kappa shape index (κ3) is 6.99. The number of aliphatic carboxylic acids is 1. The molecule has 39 heavy (non-hydrogen) atoms. The molecule has 3 N–H and O–H groups in total. The Morgan fingerprint density at radius 2 is 1.49 bits per heavy atom. The maximum absolute atomic E-state index is 12.7. The van der Waals surface area contributed by atoms with Crippen molar-refractivity contribution in [1.29, 1.82) is 0 Å². The van der Waals surface area contributed by atoms with Gasteiger partial charge in [0.15, 0.2) is 0 Å². The van der Waals surface area contributed by atoms with Crippen molar-refractivity contribution >= 4 is 29.6 Å². The number of esters is 1. The number of carbonyl (C=O) groups is 4. The van der Waals surface area contributed by atoms with Gasteiger partial charge in [0.25, 0.3) is 0 Å². The molecular formula is C29H28N2O8. The summed E-state index contributed by atoms with van der Waals surface area (Å²) >= 11 is 0. The predicted octanol–water partition coefficient (Wildman–Crippen LogP) is 3.35. The van der Waals surface area contributed by atoms with E-state index in [0.717, 1.165) is 22.3 Å². The highest BCUT2D eigenvalue weighted by molar-refractivity contribution is 5.91. The van der Waals surface area contributed by atoms with Crippen molar-refractivity contribution in [3.8, 4) is 11.1 Å². The molecule has 1 aliphatic carbocycles. The average Bonchev–Trinajstić information content (AvgIpc) is 3.25. The molecule has 1 atom stereocenters. The minimum atomic E-state index is -1.17. The van der Waals surface area contributed by atoms with E-state index in [-0.39, 0.29) is 18.9 Å². The van der Waals surface area contributed by atoms with Gasteiger partial charge in [0.1, 0.15) is 25.9 Å². The van der Waals surface area contributed by atoms with Crippen molar-refractivity contribution in [2.75, 3.05) is 32.2 Å². The molecular weight excluding hydrogens is 504 g/mol. The topological polar surface area (TPSA) is 140 Å². The first kappa shape index (κ1) is 27.3. The fourth-order valence-electron chi connectivity index (χ4n) is 4.51. The SMILES string of the molecule is COC(=O)[C@H](Cc1ccc(NC(=O)COCC(=O)O)cc1)NC(=O)OCC1c2ccccc2-c2ccccc21. The number of carboxylic acid groups (broad SMARTS) is 1. The van der Waals surface area contributed by atoms with Crippen LogP contribution >= 0.6 is 0 Å². The van der Waals surface area contributed by atoms with Gasteiger partial charge in [0, 0.05) is 18.0 Å². The van der Waals surface area contributed by atoms with E-state index >= 15 is 0 Å². The Bertz CT molecular complexity index is 1310. The van der Waals surface area contributed by atoms with Crippen molar-refractivity contribution in [3.05, 3.63) is 89.5 Å². The van der Waals surface area contributed by atoms with Crippen LogP contribution in [0.4, 0.5) is 10.5 Å². The smallest absolute Gasteiger partial charge is 0.407 e. The number of alkyl carbamates (subject to hydrolysis) is 1. The lowest BCUT2D eigenvalue weighted by molar-refractivity contribution is -0.144. The fraction of sp³-hybridized carbons (Fsp3) is 0.241. The van der Waals surface area contributed by atoms with Crippen LogP contribution in [0, 0.1) is 0 Å². The Balaban J connectivity index is 1.33. The monoisotopic (exact) mass is 532 g/mol. The summed E-state index contributed by atoms with van der Waals surface area (Å²) in [5.74, 6) is -2.42. The molecule has 0 aromatic heterocycles. The summed E-state index contributed by atoms with van der Waals surface area (Å²) in [7, 11) is 1.24. The van der Waals surface area contributed by atoms with Crippen LogP contribution in [0.5, 0.6) is 0 Å². The third-order valence-corrected chi connectivity index (χ3v) is 6.26. The van der Waals surface area contributed by atoms with Gasteiger partial charge in [-0.2, -0.15) is 0 Å². The largest absolute Gasteiger partial charge is 0.480 e. The third-order valence-electron chi connectivity index (χ3n) is 6.26. The minimum Gasteiger partial charge on any atom is -0.480 e. The highest BCUT2D eigenvalue weighted by Gasteiger charge is 2.30. The molecule has 10 nitrogen and oxygen atoms in total. The van der Waals surface area contributed by atoms with E-state index in [4.69, 9.17) is 19.3 Å². The number of carboxylic acids is 1. The maximum atomic E-state index is 12.7. The van der Waals surface area contributed by atoms with Gasteiger partial charge in [0.05, 0.1) is 7.11 Å². The fourth-order valence-corrected chi connectivity index (χ4v) is 4.51. The summed E-state index contributed by atoms with van der Waals surface area (Å²) in [5.41, 5.74) is 5.54. The van der Waals surface area contributed by atoms with Gasteiger partial charge >= 0.3 is 18.0 Å². The first-order valence-electron chi connectivity index (χ1n) is 12.2. The molecule has 0 fully saturated rings. The number of methoxy groups -OCH3 is 1. The van der Waals surface area contributed by atoms with Crippen LogP contribution in [-0.4, -0.2) is 62.0 Å². The van der Waals surface area contributed by atoms with Crippen molar-refractivity contribution < 1.29 is 38.5 Å². The van der Waals surface area contributed by atoms with Gasteiger partial charge in [0.2, 0.25) is 5.91 Å². The molecule has 1 aliphatic rings. The Morgan fingerprint density at radius 3 is 2.08 bits per heavy atom. The molecule has 0 saturated heterocycles. The number of nitrogens with one attached hydrogen (secondary N) is 2. The summed E-state index contributed by atoms with van der Waals surface area (Å²) < 4.78 is 15.2. The number of carbonyl (C=O) groups excluding carboxylic acids is 3. The van der Waals surface area contributed by atoms with Gasteiger partial charge in [-0.3, -0.25) is 4.79 Å². The van der Waals surface area contributed by atoms with E-state index in [1.54, 1.807) is 24.3 Å². The van der Waals surface area contributed by atoms with Crippen molar-refractivity contribution in [3.63, 3.8) is 0 Å². The van der Waals surface area contributed by atoms with Gasteiger partial charge < -0.3 is 30.0 Å². The Kier molecular flexibility index (Phi) is 8.90. The second-order valence-corrected chi connectivity index (χ2v) is 8.88. The number of benzene rings is 3. The zero-order valence-electron chi connectivity index (χ0n) is 21.2. The van der Waals surface area contributed by atoms with Crippen LogP contribution in [0.2, 0.25) is 0 Å². The van der Waals surface area contributed by atoms with Crippen LogP contribution in [0.15, 0.2) is 72.8 Å². The summed E-state index contributed by atoms with van der Waals surface area (Å²) in [6.45, 7) is -0.862. The van der Waals surface area contributed by atoms with Gasteiger partial charge in [-0.25, -0.2) is 14.4 Å². The molecule has 0 bridgehead atoms. The summed E-state index contributed by atoms with van der Waals surface area (Å²) in [6.07, 6.45) is -0.607. The molecule has 2 amide bonds. The maximum Gasteiger partial charge on any atom is 0.407 e. The first-order chi connectivity index (χ1) is 18.9. The van der Waals surface area contributed by atoms with E-state index in [2.05, 4.69) is 10.6 Å². The Labute approximate surface area is 224 Å². The highest BCUT2D eigenvalue weighted by Crippen LogP contribution is 2.44. The van der Waals surface area contributed by atoms with E-state index in [0.29, 0.717) is 11.3 Å². The zero-order chi connectivity index (χ0) is 27.8. The van der Waals surface area contributed by atoms with Crippen molar-refractivity contribution in [1.82, 2.24) is 5.32 Å². The summed E-state index contributed by atoms with van der Waals surface area (Å²) in [5, 5.41) is 13.7.